The molecule has 37 heavy (non-hydrogen) atoms. The first-order valence-electron chi connectivity index (χ1n) is 12.4. The summed E-state index contributed by atoms with van der Waals surface area (Å²) in [4.78, 5) is 25.2. The van der Waals surface area contributed by atoms with E-state index in [1.165, 1.54) is 6.33 Å². The summed E-state index contributed by atoms with van der Waals surface area (Å²) in [6, 6.07) is 7.71. The standard InChI is InChI=1S/C25H38N7O4P/c1-7-12-35-24(33)25(5,6)31-37(34,30-19(4)20-10-8-17(2)9-11-20)16-36-18(3)13-32-15-29-21-22(26)27-14-28-23(21)32/h8-11,14-15,18-19H,7,12-13,16H2,1-6H3,(H2,26,27,28)(H2,30,31,34)/t18-,19-,37?/m0/s1. The van der Waals surface area contributed by atoms with E-state index in [1.54, 1.807) is 20.2 Å². The third kappa shape index (κ3) is 7.58. The van der Waals surface area contributed by atoms with Gasteiger partial charge in [0.1, 0.15) is 23.7 Å². The number of rotatable bonds is 13. The quantitative estimate of drug-likeness (QED) is 0.219. The van der Waals surface area contributed by atoms with Gasteiger partial charge >= 0.3 is 5.97 Å². The van der Waals surface area contributed by atoms with E-state index < -0.39 is 19.0 Å². The van der Waals surface area contributed by atoms with Gasteiger partial charge in [-0.3, -0.25) is 9.36 Å². The molecular formula is C25H38N7O4P. The number of ether oxygens (including phenoxy) is 2. The number of aromatic nitrogens is 4. The molecule has 11 nitrogen and oxygen atoms in total. The molecule has 0 aliphatic heterocycles. The molecule has 0 aliphatic rings. The maximum absolute atomic E-state index is 14.2. The van der Waals surface area contributed by atoms with Crippen LogP contribution in [-0.2, 0) is 25.4 Å². The third-order valence-corrected chi connectivity index (χ3v) is 8.05. The molecule has 3 atom stereocenters. The molecule has 12 heteroatoms. The van der Waals surface area contributed by atoms with Crippen LogP contribution in [0.1, 0.15) is 58.2 Å². The van der Waals surface area contributed by atoms with Crippen LogP contribution in [0.15, 0.2) is 36.9 Å². The summed E-state index contributed by atoms with van der Waals surface area (Å²) in [5, 5.41) is 6.23. The normalized spacial score (nSPS) is 15.3. The fourth-order valence-electron chi connectivity index (χ4n) is 3.81. The Morgan fingerprint density at radius 2 is 1.89 bits per heavy atom. The number of nitrogens with zero attached hydrogens (tertiary/aromatic N) is 4. The van der Waals surface area contributed by atoms with E-state index in [0.717, 1.165) is 11.1 Å². The lowest BCUT2D eigenvalue weighted by atomic mass is 10.1. The average Bonchev–Trinajstić information content (AvgIpc) is 3.25. The fourth-order valence-corrected chi connectivity index (χ4v) is 6.25. The molecule has 2 heterocycles. The van der Waals surface area contributed by atoms with Gasteiger partial charge in [-0.2, -0.15) is 0 Å². The number of anilines is 1. The molecule has 3 aromatic rings. The van der Waals surface area contributed by atoms with Crippen molar-refractivity contribution in [3.05, 3.63) is 48.0 Å². The molecule has 1 unspecified atom stereocenters. The van der Waals surface area contributed by atoms with Crippen LogP contribution in [-0.4, -0.2) is 50.1 Å². The van der Waals surface area contributed by atoms with Crippen LogP contribution in [0, 0.1) is 6.92 Å². The number of carbonyl (C=O) groups is 1. The van der Waals surface area contributed by atoms with E-state index in [4.69, 9.17) is 15.2 Å². The van der Waals surface area contributed by atoms with E-state index in [-0.39, 0.29) is 18.5 Å². The van der Waals surface area contributed by atoms with Gasteiger partial charge in [-0.15, -0.1) is 0 Å². The lowest BCUT2D eigenvalue weighted by Gasteiger charge is -2.33. The fraction of sp³-hybridized carbons (Fsp3) is 0.520. The van der Waals surface area contributed by atoms with Gasteiger partial charge in [0.15, 0.2) is 11.5 Å². The second-order valence-electron chi connectivity index (χ2n) is 9.81. The van der Waals surface area contributed by atoms with Crippen LogP contribution >= 0.6 is 7.44 Å². The topological polar surface area (TPSA) is 146 Å². The Morgan fingerprint density at radius 1 is 1.19 bits per heavy atom. The number of esters is 1. The highest BCUT2D eigenvalue weighted by molar-refractivity contribution is 7.59. The molecule has 0 amide bonds. The smallest absolute Gasteiger partial charge is 0.326 e. The molecule has 2 aromatic heterocycles. The molecule has 0 radical (unpaired) electrons. The van der Waals surface area contributed by atoms with Crippen molar-refractivity contribution in [1.29, 1.82) is 0 Å². The van der Waals surface area contributed by atoms with Gasteiger partial charge in [0, 0.05) is 6.04 Å². The van der Waals surface area contributed by atoms with E-state index in [0.29, 0.717) is 36.6 Å². The van der Waals surface area contributed by atoms with E-state index in [9.17, 15) is 9.36 Å². The Kier molecular flexibility index (Phi) is 9.41. The Labute approximate surface area is 218 Å². The van der Waals surface area contributed by atoms with Crippen molar-refractivity contribution in [3.63, 3.8) is 0 Å². The van der Waals surface area contributed by atoms with Crippen molar-refractivity contribution in [1.82, 2.24) is 29.7 Å². The Balaban J connectivity index is 1.76. The minimum atomic E-state index is -3.45. The van der Waals surface area contributed by atoms with Crippen LogP contribution in [0.4, 0.5) is 5.82 Å². The minimum absolute atomic E-state index is 0.154. The highest BCUT2D eigenvalue weighted by atomic mass is 31.2. The molecule has 4 N–H and O–H groups in total. The van der Waals surface area contributed by atoms with Crippen LogP contribution in [0.2, 0.25) is 0 Å². The molecule has 0 aliphatic carbocycles. The van der Waals surface area contributed by atoms with Gasteiger partial charge < -0.3 is 19.8 Å². The second kappa shape index (κ2) is 12.1. The number of aryl methyl sites for hydroxylation is 1. The van der Waals surface area contributed by atoms with Crippen LogP contribution < -0.4 is 15.9 Å². The number of nitrogens with one attached hydrogen (secondary N) is 2. The number of fused-ring (bicyclic) bond motifs is 1. The Bertz CT molecular complexity index is 1250. The van der Waals surface area contributed by atoms with Gasteiger partial charge in [-0.1, -0.05) is 36.8 Å². The minimum Gasteiger partial charge on any atom is -0.464 e. The average molecular weight is 532 g/mol. The van der Waals surface area contributed by atoms with Crippen molar-refractivity contribution in [3.8, 4) is 0 Å². The lowest BCUT2D eigenvalue weighted by Crippen LogP contribution is -2.49. The molecule has 3 rings (SSSR count). The summed E-state index contributed by atoms with van der Waals surface area (Å²) < 4.78 is 27.4. The molecule has 202 valence electrons. The number of hydrogen-bond acceptors (Lipinski definition) is 8. The molecule has 0 saturated carbocycles. The zero-order valence-electron chi connectivity index (χ0n) is 22.4. The molecule has 0 spiro atoms. The zero-order valence-corrected chi connectivity index (χ0v) is 23.3. The first-order chi connectivity index (χ1) is 17.4. The molecule has 0 bridgehead atoms. The summed E-state index contributed by atoms with van der Waals surface area (Å²) >= 11 is 0. The van der Waals surface area contributed by atoms with Crippen molar-refractivity contribution >= 4 is 30.4 Å². The van der Waals surface area contributed by atoms with Crippen molar-refractivity contribution < 1.29 is 18.8 Å². The number of nitrogens with two attached hydrogens (primary N) is 1. The van der Waals surface area contributed by atoms with E-state index in [1.807, 2.05) is 56.5 Å². The predicted octanol–water partition coefficient (Wildman–Crippen LogP) is 3.94. The molecular weight excluding hydrogens is 493 g/mol. The highest BCUT2D eigenvalue weighted by Crippen LogP contribution is 2.42. The zero-order chi connectivity index (χ0) is 27.2. The van der Waals surface area contributed by atoms with Crippen LogP contribution in [0.3, 0.4) is 0 Å². The van der Waals surface area contributed by atoms with Crippen LogP contribution in [0.5, 0.6) is 0 Å². The number of imidazole rings is 1. The van der Waals surface area contributed by atoms with Gasteiger partial charge in [-0.25, -0.2) is 25.1 Å². The monoisotopic (exact) mass is 531 g/mol. The van der Waals surface area contributed by atoms with E-state index >= 15 is 0 Å². The van der Waals surface area contributed by atoms with Gasteiger partial charge in [0.05, 0.1) is 25.6 Å². The Morgan fingerprint density at radius 3 is 2.57 bits per heavy atom. The van der Waals surface area contributed by atoms with Crippen molar-refractivity contribution in [2.24, 2.45) is 0 Å². The summed E-state index contributed by atoms with van der Waals surface area (Å²) in [5.41, 5.74) is 7.89. The van der Waals surface area contributed by atoms with Gasteiger partial charge in [0.2, 0.25) is 7.44 Å². The van der Waals surface area contributed by atoms with Crippen molar-refractivity contribution in [2.45, 2.75) is 72.2 Å². The highest BCUT2D eigenvalue weighted by Gasteiger charge is 2.38. The number of benzene rings is 1. The number of hydrogen-bond donors (Lipinski definition) is 3. The third-order valence-electron chi connectivity index (χ3n) is 5.81. The Hall–Kier alpha value is -2.85. The van der Waals surface area contributed by atoms with Gasteiger partial charge in [-0.05, 0) is 46.6 Å². The summed E-state index contributed by atoms with van der Waals surface area (Å²) in [5.74, 6) is -0.174. The van der Waals surface area contributed by atoms with E-state index in [2.05, 4.69) is 25.1 Å². The summed E-state index contributed by atoms with van der Waals surface area (Å²) in [6.07, 6.45) is 3.20. The first-order valence-corrected chi connectivity index (χ1v) is 14.3. The largest absolute Gasteiger partial charge is 0.464 e. The summed E-state index contributed by atoms with van der Waals surface area (Å²) in [6.45, 7) is 11.7. The first kappa shape index (κ1) is 28.7. The number of carbonyl (C=O) groups excluding carboxylic acids is 1. The number of nitrogen functional groups attached to an aromatic ring is 1. The molecule has 1 aromatic carbocycles. The molecule has 0 saturated heterocycles. The predicted molar refractivity (Wildman–Crippen MR) is 144 cm³/mol. The second-order valence-corrected chi connectivity index (χ2v) is 12.0. The van der Waals surface area contributed by atoms with Gasteiger partial charge in [0.25, 0.3) is 0 Å². The SMILES string of the molecule is CCCOC(=O)C(C)(C)NP(=O)(CO[C@@H](C)Cn1cnc2c(N)ncnc21)N[C@@H](C)c1ccc(C)cc1. The lowest BCUT2D eigenvalue weighted by molar-refractivity contribution is -0.149. The van der Waals surface area contributed by atoms with Crippen LogP contribution in [0.25, 0.3) is 11.2 Å². The van der Waals surface area contributed by atoms with Crippen molar-refractivity contribution in [2.75, 3.05) is 18.7 Å². The maximum atomic E-state index is 14.2. The maximum Gasteiger partial charge on any atom is 0.326 e. The molecule has 0 fully saturated rings. The summed E-state index contributed by atoms with van der Waals surface area (Å²) in [7, 11) is -3.45.